The molecule has 0 heterocycles. The van der Waals surface area contributed by atoms with Gasteiger partial charge in [0.15, 0.2) is 6.61 Å². The van der Waals surface area contributed by atoms with Crippen molar-refractivity contribution in [2.45, 2.75) is 66.1 Å². The van der Waals surface area contributed by atoms with Crippen LogP contribution in [-0.2, 0) is 16.1 Å². The molecule has 2 aromatic rings. The number of ether oxygens (including phenoxy) is 1. The molecule has 5 nitrogen and oxygen atoms in total. The zero-order valence-electron chi connectivity index (χ0n) is 19.6. The number of nitrogens with one attached hydrogen (secondary N) is 1. The summed E-state index contributed by atoms with van der Waals surface area (Å²) < 4.78 is 5.84. The number of hydrogen-bond acceptors (Lipinski definition) is 3. The summed E-state index contributed by atoms with van der Waals surface area (Å²) in [5, 5.41) is 3.85. The van der Waals surface area contributed by atoms with Crippen LogP contribution in [0.3, 0.4) is 0 Å². The van der Waals surface area contributed by atoms with Crippen molar-refractivity contribution in [3.05, 3.63) is 63.1 Å². The zero-order chi connectivity index (χ0) is 24.1. The summed E-state index contributed by atoms with van der Waals surface area (Å²) in [5.74, 6) is 0.0855. The fraction of sp³-hybridized carbons (Fsp3) is 0.440. The highest BCUT2D eigenvalue weighted by Gasteiger charge is 2.31. The maximum atomic E-state index is 13.3. The van der Waals surface area contributed by atoms with Crippen molar-refractivity contribution >= 4 is 35.0 Å². The highest BCUT2D eigenvalue weighted by molar-refractivity contribution is 6.36. The van der Waals surface area contributed by atoms with Crippen LogP contribution in [0.1, 0.15) is 50.8 Å². The van der Waals surface area contributed by atoms with Crippen molar-refractivity contribution in [3.63, 3.8) is 0 Å². The molecular weight excluding hydrogens is 447 g/mol. The molecule has 2 amide bonds. The summed E-state index contributed by atoms with van der Waals surface area (Å²) in [6.07, 6.45) is 0.430. The van der Waals surface area contributed by atoms with Crippen molar-refractivity contribution < 1.29 is 14.3 Å². The molecule has 0 saturated carbocycles. The predicted octanol–water partition coefficient (Wildman–Crippen LogP) is 5.71. The van der Waals surface area contributed by atoms with Gasteiger partial charge in [0.2, 0.25) is 5.91 Å². The number of benzene rings is 2. The van der Waals surface area contributed by atoms with Crippen LogP contribution in [0.2, 0.25) is 10.0 Å². The number of halogens is 2. The molecule has 0 aliphatic heterocycles. The first-order chi connectivity index (χ1) is 14.9. The Labute approximate surface area is 201 Å². The molecule has 0 fully saturated rings. The van der Waals surface area contributed by atoms with E-state index in [0.717, 1.165) is 11.1 Å². The van der Waals surface area contributed by atoms with Crippen LogP contribution in [0.25, 0.3) is 0 Å². The summed E-state index contributed by atoms with van der Waals surface area (Å²) >= 11 is 12.7. The Hall–Kier alpha value is -2.24. The number of rotatable bonds is 8. The first-order valence-electron chi connectivity index (χ1n) is 10.7. The Morgan fingerprint density at radius 2 is 1.72 bits per heavy atom. The standard InChI is InChI=1S/C25H32Cl2N2O3/c1-7-21(24(31)28-25(4,5)6)29(14-18-19(26)9-8-10-20(18)27)23(30)15-32-22-13-16(2)11-12-17(22)3/h8-13,21H,7,14-15H2,1-6H3,(H,28,31)/t21-/m1/s1. The minimum Gasteiger partial charge on any atom is -0.483 e. The van der Waals surface area contributed by atoms with Gasteiger partial charge in [-0.05, 0) is 70.4 Å². The van der Waals surface area contributed by atoms with Crippen LogP contribution in [0.4, 0.5) is 0 Å². The lowest BCUT2D eigenvalue weighted by Gasteiger charge is -2.33. The topological polar surface area (TPSA) is 58.6 Å². The van der Waals surface area contributed by atoms with Gasteiger partial charge in [0.05, 0.1) is 0 Å². The van der Waals surface area contributed by atoms with E-state index >= 15 is 0 Å². The third-order valence-corrected chi connectivity index (χ3v) is 5.68. The second kappa shape index (κ2) is 11.1. The van der Waals surface area contributed by atoms with Gasteiger partial charge in [-0.25, -0.2) is 0 Å². The maximum absolute atomic E-state index is 13.3. The quantitative estimate of drug-likeness (QED) is 0.528. The van der Waals surface area contributed by atoms with E-state index in [0.29, 0.717) is 27.8 Å². The molecule has 2 rings (SSSR count). The van der Waals surface area contributed by atoms with Crippen molar-refractivity contribution in [1.29, 1.82) is 0 Å². The monoisotopic (exact) mass is 478 g/mol. The summed E-state index contributed by atoms with van der Waals surface area (Å²) in [6, 6.07) is 10.3. The van der Waals surface area contributed by atoms with Crippen LogP contribution in [0, 0.1) is 13.8 Å². The molecule has 0 spiro atoms. The van der Waals surface area contributed by atoms with Gasteiger partial charge in [-0.1, -0.05) is 48.3 Å². The smallest absolute Gasteiger partial charge is 0.261 e. The lowest BCUT2D eigenvalue weighted by atomic mass is 10.1. The van der Waals surface area contributed by atoms with E-state index in [9.17, 15) is 9.59 Å². The number of carbonyl (C=O) groups is 2. The Bertz CT molecular complexity index is 950. The van der Waals surface area contributed by atoms with E-state index in [2.05, 4.69) is 5.32 Å². The molecule has 0 aliphatic carbocycles. The molecule has 0 aliphatic rings. The average Bonchev–Trinajstić information content (AvgIpc) is 2.69. The molecule has 1 atom stereocenters. The van der Waals surface area contributed by atoms with Crippen LogP contribution in [0.15, 0.2) is 36.4 Å². The lowest BCUT2D eigenvalue weighted by Crippen LogP contribution is -2.54. The van der Waals surface area contributed by atoms with Crippen molar-refractivity contribution in [3.8, 4) is 5.75 Å². The van der Waals surface area contributed by atoms with Crippen LogP contribution in [0.5, 0.6) is 5.75 Å². The minimum absolute atomic E-state index is 0.101. The van der Waals surface area contributed by atoms with E-state index in [-0.39, 0.29) is 25.0 Å². The lowest BCUT2D eigenvalue weighted by molar-refractivity contribution is -0.143. The summed E-state index contributed by atoms with van der Waals surface area (Å²) in [6.45, 7) is 11.4. The zero-order valence-corrected chi connectivity index (χ0v) is 21.1. The van der Waals surface area contributed by atoms with Gasteiger partial charge in [-0.2, -0.15) is 0 Å². The number of amides is 2. The molecule has 1 N–H and O–H groups in total. The fourth-order valence-electron chi connectivity index (χ4n) is 3.31. The molecule has 174 valence electrons. The third-order valence-electron chi connectivity index (χ3n) is 4.97. The second-order valence-corrected chi connectivity index (χ2v) is 9.76. The van der Waals surface area contributed by atoms with E-state index in [1.807, 2.05) is 59.7 Å². The average molecular weight is 479 g/mol. The largest absolute Gasteiger partial charge is 0.483 e. The molecular formula is C25H32Cl2N2O3. The van der Waals surface area contributed by atoms with Gasteiger partial charge in [0.1, 0.15) is 11.8 Å². The van der Waals surface area contributed by atoms with Gasteiger partial charge in [-0.15, -0.1) is 0 Å². The molecule has 7 heteroatoms. The molecule has 2 aromatic carbocycles. The summed E-state index contributed by atoms with van der Waals surface area (Å²) in [7, 11) is 0. The summed E-state index contributed by atoms with van der Waals surface area (Å²) in [5.41, 5.74) is 2.13. The Balaban J connectivity index is 2.34. The second-order valence-electron chi connectivity index (χ2n) is 8.94. The SMILES string of the molecule is CC[C@H](C(=O)NC(C)(C)C)N(Cc1c(Cl)cccc1Cl)C(=O)COc1cc(C)ccc1C. The number of hydrogen-bond donors (Lipinski definition) is 1. The number of nitrogens with zero attached hydrogens (tertiary/aromatic N) is 1. The number of carbonyl (C=O) groups excluding carboxylic acids is 2. The fourth-order valence-corrected chi connectivity index (χ4v) is 3.83. The van der Waals surface area contributed by atoms with E-state index < -0.39 is 11.6 Å². The molecule has 0 unspecified atom stereocenters. The first-order valence-corrected chi connectivity index (χ1v) is 11.4. The normalized spacial score (nSPS) is 12.2. The predicted molar refractivity (Wildman–Crippen MR) is 130 cm³/mol. The van der Waals surface area contributed by atoms with Gasteiger partial charge in [0.25, 0.3) is 5.91 Å². The highest BCUT2D eigenvalue weighted by Crippen LogP contribution is 2.27. The molecule has 0 bridgehead atoms. The molecule has 0 aromatic heterocycles. The van der Waals surface area contributed by atoms with Crippen LogP contribution >= 0.6 is 23.2 Å². The first kappa shape index (κ1) is 26.0. The van der Waals surface area contributed by atoms with E-state index in [4.69, 9.17) is 27.9 Å². The Morgan fingerprint density at radius 3 is 2.28 bits per heavy atom. The van der Waals surface area contributed by atoms with E-state index in [1.54, 1.807) is 18.2 Å². The highest BCUT2D eigenvalue weighted by atomic mass is 35.5. The maximum Gasteiger partial charge on any atom is 0.261 e. The number of aryl methyl sites for hydroxylation is 2. The third kappa shape index (κ3) is 7.14. The van der Waals surface area contributed by atoms with Crippen LogP contribution < -0.4 is 10.1 Å². The molecule has 0 saturated heterocycles. The summed E-state index contributed by atoms with van der Waals surface area (Å²) in [4.78, 5) is 27.9. The van der Waals surface area contributed by atoms with Crippen molar-refractivity contribution in [2.75, 3.05) is 6.61 Å². The Morgan fingerprint density at radius 1 is 1.09 bits per heavy atom. The van der Waals surface area contributed by atoms with Gasteiger partial charge in [-0.3, -0.25) is 9.59 Å². The van der Waals surface area contributed by atoms with Gasteiger partial charge < -0.3 is 15.0 Å². The van der Waals surface area contributed by atoms with Crippen LogP contribution in [-0.4, -0.2) is 34.9 Å². The minimum atomic E-state index is -0.698. The van der Waals surface area contributed by atoms with Crippen molar-refractivity contribution in [1.82, 2.24) is 10.2 Å². The van der Waals surface area contributed by atoms with Gasteiger partial charge in [0, 0.05) is 27.7 Å². The van der Waals surface area contributed by atoms with Crippen molar-refractivity contribution in [2.24, 2.45) is 0 Å². The van der Waals surface area contributed by atoms with E-state index in [1.165, 1.54) is 4.90 Å². The van der Waals surface area contributed by atoms with Gasteiger partial charge >= 0.3 is 0 Å². The molecule has 32 heavy (non-hydrogen) atoms. The molecule has 0 radical (unpaired) electrons. The Kier molecular flexibility index (Phi) is 8.99.